The molecule has 7 heteroatoms. The fourth-order valence-corrected chi connectivity index (χ4v) is 2.93. The number of nitrogens with one attached hydrogen (secondary N) is 1. The highest BCUT2D eigenvalue weighted by molar-refractivity contribution is 7.89. The van der Waals surface area contributed by atoms with Crippen LogP contribution in [0.3, 0.4) is 0 Å². The van der Waals surface area contributed by atoms with Crippen molar-refractivity contribution in [1.82, 2.24) is 5.32 Å². The number of carbonyl (C=O) groups is 1. The minimum Gasteiger partial charge on any atom is -0.352 e. The molecule has 0 bridgehead atoms. The maximum Gasteiger partial charge on any atom is 0.251 e. The molecule has 0 saturated carbocycles. The molecule has 0 spiro atoms. The molecule has 23 heavy (non-hydrogen) atoms. The van der Waals surface area contributed by atoms with Gasteiger partial charge in [-0.05, 0) is 48.7 Å². The van der Waals surface area contributed by atoms with E-state index in [1.165, 1.54) is 30.3 Å². The molecule has 2 aromatic rings. The summed E-state index contributed by atoms with van der Waals surface area (Å²) >= 11 is 0. The summed E-state index contributed by atoms with van der Waals surface area (Å²) in [6.45, 7) is 1.96. The van der Waals surface area contributed by atoms with Gasteiger partial charge in [-0.2, -0.15) is 0 Å². The molecule has 122 valence electrons. The average molecular weight is 336 g/mol. The lowest BCUT2D eigenvalue weighted by molar-refractivity contribution is 0.0954. The van der Waals surface area contributed by atoms with Crippen molar-refractivity contribution >= 4 is 15.9 Å². The van der Waals surface area contributed by atoms with Crippen LogP contribution in [0.2, 0.25) is 0 Å². The lowest BCUT2D eigenvalue weighted by Crippen LogP contribution is -2.26. The third-order valence-electron chi connectivity index (χ3n) is 3.37. The van der Waals surface area contributed by atoms with Crippen LogP contribution >= 0.6 is 0 Å². The molecule has 5 nitrogen and oxygen atoms in total. The number of carbonyl (C=O) groups excluding carboxylic acids is 1. The van der Waals surface area contributed by atoms with Gasteiger partial charge >= 0.3 is 0 Å². The molecule has 0 aliphatic carbocycles. The number of hydrogen-bond donors (Lipinski definition) is 2. The van der Waals surface area contributed by atoms with Crippen LogP contribution in [-0.2, 0) is 16.4 Å². The summed E-state index contributed by atoms with van der Waals surface area (Å²) in [4.78, 5) is 12.0. The standard InChI is InChI=1S/C16H17FN2O3S/c1-11-2-5-13(10-15(11)23(18,21)22)16(20)19-9-8-12-3-6-14(17)7-4-12/h2-7,10H,8-9H2,1H3,(H,19,20)(H2,18,21,22). The van der Waals surface area contributed by atoms with E-state index in [4.69, 9.17) is 5.14 Å². The Morgan fingerprint density at radius 3 is 2.43 bits per heavy atom. The van der Waals surface area contributed by atoms with Crippen molar-refractivity contribution in [3.8, 4) is 0 Å². The molecule has 0 atom stereocenters. The largest absolute Gasteiger partial charge is 0.352 e. The van der Waals surface area contributed by atoms with Gasteiger partial charge in [0.25, 0.3) is 5.91 Å². The molecular weight excluding hydrogens is 319 g/mol. The van der Waals surface area contributed by atoms with Crippen LogP contribution in [0.1, 0.15) is 21.5 Å². The molecule has 0 unspecified atom stereocenters. The van der Waals surface area contributed by atoms with Crippen molar-refractivity contribution in [2.45, 2.75) is 18.2 Å². The molecule has 0 heterocycles. The first kappa shape index (κ1) is 17.1. The van der Waals surface area contributed by atoms with E-state index in [0.29, 0.717) is 18.5 Å². The molecule has 0 aliphatic heterocycles. The molecule has 0 saturated heterocycles. The van der Waals surface area contributed by atoms with Crippen LogP contribution in [0.5, 0.6) is 0 Å². The molecule has 0 radical (unpaired) electrons. The SMILES string of the molecule is Cc1ccc(C(=O)NCCc2ccc(F)cc2)cc1S(N)(=O)=O. The minimum atomic E-state index is -3.87. The van der Waals surface area contributed by atoms with Crippen molar-refractivity contribution in [3.63, 3.8) is 0 Å². The molecule has 2 rings (SSSR count). The first-order chi connectivity index (χ1) is 10.8. The monoisotopic (exact) mass is 336 g/mol. The second-order valence-corrected chi connectivity index (χ2v) is 6.69. The number of halogens is 1. The molecule has 0 aromatic heterocycles. The van der Waals surface area contributed by atoms with Gasteiger partial charge in [0.05, 0.1) is 4.90 Å². The Kier molecular flexibility index (Phi) is 5.12. The van der Waals surface area contributed by atoms with Gasteiger partial charge in [0.15, 0.2) is 0 Å². The van der Waals surface area contributed by atoms with E-state index >= 15 is 0 Å². The summed E-state index contributed by atoms with van der Waals surface area (Å²) < 4.78 is 35.7. The number of hydrogen-bond acceptors (Lipinski definition) is 3. The first-order valence-electron chi connectivity index (χ1n) is 6.93. The minimum absolute atomic E-state index is 0.0660. The van der Waals surface area contributed by atoms with Crippen LogP contribution < -0.4 is 10.5 Å². The van der Waals surface area contributed by atoms with Gasteiger partial charge in [-0.3, -0.25) is 4.79 Å². The van der Waals surface area contributed by atoms with E-state index in [0.717, 1.165) is 5.56 Å². The third kappa shape index (κ3) is 4.61. The fraction of sp³-hybridized carbons (Fsp3) is 0.188. The maximum atomic E-state index is 12.8. The molecule has 0 aliphatic rings. The topological polar surface area (TPSA) is 89.3 Å². The summed E-state index contributed by atoms with van der Waals surface area (Å²) in [5.74, 6) is -0.704. The molecule has 2 aromatic carbocycles. The smallest absolute Gasteiger partial charge is 0.251 e. The number of nitrogens with two attached hydrogens (primary N) is 1. The zero-order chi connectivity index (χ0) is 17.0. The van der Waals surface area contributed by atoms with Crippen molar-refractivity contribution in [3.05, 3.63) is 65.0 Å². The highest BCUT2D eigenvalue weighted by Crippen LogP contribution is 2.15. The second-order valence-electron chi connectivity index (χ2n) is 5.16. The zero-order valence-electron chi connectivity index (χ0n) is 12.5. The zero-order valence-corrected chi connectivity index (χ0v) is 13.4. The van der Waals surface area contributed by atoms with Gasteiger partial charge in [0.1, 0.15) is 5.82 Å². The van der Waals surface area contributed by atoms with Gasteiger partial charge < -0.3 is 5.32 Å². The highest BCUT2D eigenvalue weighted by atomic mass is 32.2. The summed E-state index contributed by atoms with van der Waals surface area (Å²) in [5.41, 5.74) is 1.59. The van der Waals surface area contributed by atoms with Gasteiger partial charge in [0, 0.05) is 12.1 Å². The van der Waals surface area contributed by atoms with E-state index in [-0.39, 0.29) is 16.3 Å². The van der Waals surface area contributed by atoms with E-state index in [2.05, 4.69) is 5.32 Å². The predicted molar refractivity (Wildman–Crippen MR) is 85.0 cm³/mol. The number of benzene rings is 2. The van der Waals surface area contributed by atoms with Crippen LogP contribution in [0, 0.1) is 12.7 Å². The summed E-state index contributed by atoms with van der Waals surface area (Å²) in [7, 11) is -3.87. The van der Waals surface area contributed by atoms with Crippen LogP contribution in [-0.4, -0.2) is 20.9 Å². The second kappa shape index (κ2) is 6.89. The van der Waals surface area contributed by atoms with Gasteiger partial charge in [0.2, 0.25) is 10.0 Å². The Bertz CT molecular complexity index is 818. The molecule has 3 N–H and O–H groups in total. The number of aryl methyl sites for hydroxylation is 1. The summed E-state index contributed by atoms with van der Waals surface area (Å²) in [5, 5.41) is 7.82. The van der Waals surface area contributed by atoms with Crippen molar-refractivity contribution in [2.24, 2.45) is 5.14 Å². The van der Waals surface area contributed by atoms with Gasteiger partial charge in [-0.25, -0.2) is 17.9 Å². The Labute approximate surface area is 134 Å². The van der Waals surface area contributed by atoms with E-state index in [1.54, 1.807) is 19.1 Å². The summed E-state index contributed by atoms with van der Waals surface area (Å²) in [6, 6.07) is 10.3. The summed E-state index contributed by atoms with van der Waals surface area (Å²) in [6.07, 6.45) is 0.542. The number of rotatable bonds is 5. The van der Waals surface area contributed by atoms with Crippen molar-refractivity contribution in [2.75, 3.05) is 6.54 Å². The lowest BCUT2D eigenvalue weighted by Gasteiger charge is -2.08. The Hall–Kier alpha value is -2.25. The van der Waals surface area contributed by atoms with Gasteiger partial charge in [-0.15, -0.1) is 0 Å². The van der Waals surface area contributed by atoms with E-state index in [9.17, 15) is 17.6 Å². The van der Waals surface area contributed by atoms with Crippen LogP contribution in [0.25, 0.3) is 0 Å². The van der Waals surface area contributed by atoms with Crippen molar-refractivity contribution < 1.29 is 17.6 Å². The molecular formula is C16H17FN2O3S. The number of sulfonamides is 1. The molecule has 1 amide bonds. The average Bonchev–Trinajstić information content (AvgIpc) is 2.48. The lowest BCUT2D eigenvalue weighted by atomic mass is 10.1. The highest BCUT2D eigenvalue weighted by Gasteiger charge is 2.15. The van der Waals surface area contributed by atoms with Crippen LogP contribution in [0.15, 0.2) is 47.4 Å². The Morgan fingerprint density at radius 1 is 1.17 bits per heavy atom. The number of amides is 1. The Morgan fingerprint density at radius 2 is 1.83 bits per heavy atom. The van der Waals surface area contributed by atoms with Crippen LogP contribution in [0.4, 0.5) is 4.39 Å². The fourth-order valence-electron chi connectivity index (χ4n) is 2.12. The number of primary sulfonamides is 1. The predicted octanol–water partition coefficient (Wildman–Crippen LogP) is 1.75. The van der Waals surface area contributed by atoms with E-state index in [1.807, 2.05) is 0 Å². The Balaban J connectivity index is 2.02. The normalized spacial score (nSPS) is 11.3. The third-order valence-corrected chi connectivity index (χ3v) is 4.42. The van der Waals surface area contributed by atoms with Gasteiger partial charge in [-0.1, -0.05) is 18.2 Å². The first-order valence-corrected chi connectivity index (χ1v) is 8.48. The quantitative estimate of drug-likeness (QED) is 0.872. The van der Waals surface area contributed by atoms with Crippen molar-refractivity contribution in [1.29, 1.82) is 0 Å². The maximum absolute atomic E-state index is 12.8. The molecule has 0 fully saturated rings. The van der Waals surface area contributed by atoms with E-state index < -0.39 is 15.9 Å².